The van der Waals surface area contributed by atoms with Crippen molar-refractivity contribution in [2.75, 3.05) is 0 Å². The molecule has 1 saturated carbocycles. The number of nitrogens with zero attached hydrogens (tertiary/aromatic N) is 1. The number of fused-ring (bicyclic) bond motifs is 1. The highest BCUT2D eigenvalue weighted by molar-refractivity contribution is 5.91. The molecule has 1 unspecified atom stereocenters. The molecule has 0 bridgehead atoms. The van der Waals surface area contributed by atoms with E-state index in [1.165, 1.54) is 19.3 Å². The quantitative estimate of drug-likeness (QED) is 0.818. The van der Waals surface area contributed by atoms with Crippen LogP contribution in [-0.2, 0) is 4.74 Å². The van der Waals surface area contributed by atoms with Crippen LogP contribution in [0.2, 0.25) is 0 Å². The number of hydrogen-bond acceptors (Lipinski definition) is 2. The van der Waals surface area contributed by atoms with Gasteiger partial charge in [-0.3, -0.25) is 0 Å². The fourth-order valence-electron chi connectivity index (χ4n) is 3.58. The van der Waals surface area contributed by atoms with Crippen molar-refractivity contribution in [2.24, 2.45) is 0 Å². The van der Waals surface area contributed by atoms with Crippen molar-refractivity contribution in [1.82, 2.24) is 4.40 Å². The Kier molecular flexibility index (Phi) is 6.44. The van der Waals surface area contributed by atoms with Crippen LogP contribution >= 0.6 is 0 Å². The van der Waals surface area contributed by atoms with Crippen LogP contribution in [0.25, 0.3) is 5.52 Å². The van der Waals surface area contributed by atoms with Crippen molar-refractivity contribution in [2.45, 2.75) is 72.0 Å². The predicted molar refractivity (Wildman–Crippen MR) is 96.8 cm³/mol. The second kappa shape index (κ2) is 8.34. The van der Waals surface area contributed by atoms with Crippen LogP contribution in [0.15, 0.2) is 24.4 Å². The fourth-order valence-corrected chi connectivity index (χ4v) is 3.58. The van der Waals surface area contributed by atoms with Crippen LogP contribution in [0.5, 0.6) is 0 Å². The Morgan fingerprint density at radius 1 is 1.29 bits per heavy atom. The number of aromatic carboxylic acids is 1. The lowest BCUT2D eigenvalue weighted by Crippen LogP contribution is -2.21. The second-order valence-corrected chi connectivity index (χ2v) is 6.21. The molecule has 0 aliphatic heterocycles. The van der Waals surface area contributed by atoms with Gasteiger partial charge < -0.3 is 14.2 Å². The van der Waals surface area contributed by atoms with Crippen LogP contribution in [0.4, 0.5) is 0 Å². The second-order valence-electron chi connectivity index (χ2n) is 6.21. The Balaban J connectivity index is 0.00000100. The zero-order chi connectivity index (χ0) is 17.7. The van der Waals surface area contributed by atoms with E-state index in [1.807, 2.05) is 46.0 Å². The van der Waals surface area contributed by atoms with Crippen molar-refractivity contribution in [3.8, 4) is 0 Å². The highest BCUT2D eigenvalue weighted by Gasteiger charge is 2.23. The summed E-state index contributed by atoms with van der Waals surface area (Å²) in [5, 5.41) is 9.44. The van der Waals surface area contributed by atoms with Crippen molar-refractivity contribution < 1.29 is 14.6 Å². The highest BCUT2D eigenvalue weighted by atomic mass is 16.5. The first-order chi connectivity index (χ1) is 11.6. The maximum Gasteiger partial charge on any atom is 0.336 e. The van der Waals surface area contributed by atoms with Gasteiger partial charge in [-0.05, 0) is 50.5 Å². The molecule has 0 aromatic carbocycles. The van der Waals surface area contributed by atoms with E-state index >= 15 is 0 Å². The van der Waals surface area contributed by atoms with Crippen molar-refractivity contribution >= 4 is 11.5 Å². The van der Waals surface area contributed by atoms with E-state index in [-0.39, 0.29) is 6.10 Å². The topological polar surface area (TPSA) is 50.9 Å². The van der Waals surface area contributed by atoms with Crippen LogP contribution in [0.3, 0.4) is 0 Å². The number of carboxylic acid groups (broad SMARTS) is 1. The zero-order valence-corrected chi connectivity index (χ0v) is 15.2. The number of aromatic nitrogens is 1. The summed E-state index contributed by atoms with van der Waals surface area (Å²) in [6.45, 7) is 7.90. The third-order valence-corrected chi connectivity index (χ3v) is 4.68. The van der Waals surface area contributed by atoms with Crippen LogP contribution in [-0.4, -0.2) is 21.6 Å². The molecule has 0 saturated heterocycles. The molecule has 1 fully saturated rings. The summed E-state index contributed by atoms with van der Waals surface area (Å²) in [5.74, 6) is -0.882. The van der Waals surface area contributed by atoms with Gasteiger partial charge in [0.15, 0.2) is 0 Å². The number of rotatable bonds is 4. The Labute approximate surface area is 144 Å². The third kappa shape index (κ3) is 3.81. The van der Waals surface area contributed by atoms with E-state index < -0.39 is 5.97 Å². The minimum atomic E-state index is -0.882. The van der Waals surface area contributed by atoms with Crippen LogP contribution < -0.4 is 0 Å². The van der Waals surface area contributed by atoms with E-state index in [4.69, 9.17) is 4.74 Å². The van der Waals surface area contributed by atoms with Gasteiger partial charge in [0.1, 0.15) is 0 Å². The smallest absolute Gasteiger partial charge is 0.336 e. The molecule has 132 valence electrons. The molecule has 0 spiro atoms. The molecule has 0 radical (unpaired) electrons. The maximum atomic E-state index is 11.5. The van der Waals surface area contributed by atoms with Crippen LogP contribution in [0, 0.1) is 6.92 Å². The number of pyridine rings is 1. The zero-order valence-electron chi connectivity index (χ0n) is 15.2. The number of carbonyl (C=O) groups is 1. The van der Waals surface area contributed by atoms with Gasteiger partial charge in [-0.1, -0.05) is 33.1 Å². The molecule has 2 aromatic heterocycles. The van der Waals surface area contributed by atoms with Gasteiger partial charge in [-0.2, -0.15) is 0 Å². The molecule has 1 N–H and O–H groups in total. The first-order valence-corrected chi connectivity index (χ1v) is 9.07. The monoisotopic (exact) mass is 331 g/mol. The molecule has 1 atom stereocenters. The van der Waals surface area contributed by atoms with Gasteiger partial charge in [0.25, 0.3) is 0 Å². The summed E-state index contributed by atoms with van der Waals surface area (Å²) in [6, 6.07) is 5.61. The van der Waals surface area contributed by atoms with E-state index in [9.17, 15) is 9.90 Å². The van der Waals surface area contributed by atoms with Gasteiger partial charge >= 0.3 is 5.97 Å². The predicted octanol–water partition coefficient (Wildman–Crippen LogP) is 5.38. The summed E-state index contributed by atoms with van der Waals surface area (Å²) in [4.78, 5) is 11.5. The molecule has 2 heterocycles. The van der Waals surface area contributed by atoms with Gasteiger partial charge in [-0.25, -0.2) is 4.79 Å². The largest absolute Gasteiger partial charge is 0.478 e. The first kappa shape index (κ1) is 18.5. The molecular formula is C20H29NO3. The van der Waals surface area contributed by atoms with Gasteiger partial charge in [0, 0.05) is 11.7 Å². The molecule has 4 nitrogen and oxygen atoms in total. The van der Waals surface area contributed by atoms with Gasteiger partial charge in [-0.15, -0.1) is 0 Å². The minimum absolute atomic E-state index is 0.114. The minimum Gasteiger partial charge on any atom is -0.478 e. The third-order valence-electron chi connectivity index (χ3n) is 4.68. The summed E-state index contributed by atoms with van der Waals surface area (Å²) in [7, 11) is 0. The average Bonchev–Trinajstić information content (AvgIpc) is 3.04. The Bertz CT molecular complexity index is 683. The van der Waals surface area contributed by atoms with E-state index in [0.717, 1.165) is 29.6 Å². The average molecular weight is 331 g/mol. The Morgan fingerprint density at radius 2 is 1.96 bits per heavy atom. The molecule has 2 aromatic rings. The molecule has 0 amide bonds. The SMILES string of the molecule is CC.Cc1c(C(=O)O)cc2cccn2c1C(C)OC1CCCCC1. The van der Waals surface area contributed by atoms with Crippen molar-refractivity contribution in [1.29, 1.82) is 0 Å². The molecule has 4 heteroatoms. The normalized spacial score (nSPS) is 16.5. The molecular weight excluding hydrogens is 302 g/mol. The number of ether oxygens (including phenoxy) is 1. The summed E-state index contributed by atoms with van der Waals surface area (Å²) in [6.07, 6.45) is 8.12. The Morgan fingerprint density at radius 3 is 2.58 bits per heavy atom. The summed E-state index contributed by atoms with van der Waals surface area (Å²) >= 11 is 0. The Hall–Kier alpha value is -1.81. The lowest BCUT2D eigenvalue weighted by molar-refractivity contribution is -0.0249. The van der Waals surface area contributed by atoms with E-state index in [0.29, 0.717) is 11.7 Å². The van der Waals surface area contributed by atoms with Crippen molar-refractivity contribution in [3.05, 3.63) is 41.2 Å². The maximum absolute atomic E-state index is 11.5. The molecule has 24 heavy (non-hydrogen) atoms. The fraction of sp³-hybridized carbons (Fsp3) is 0.550. The van der Waals surface area contributed by atoms with Gasteiger partial charge in [0.05, 0.1) is 23.5 Å². The van der Waals surface area contributed by atoms with Crippen LogP contribution in [0.1, 0.15) is 80.6 Å². The van der Waals surface area contributed by atoms with Crippen molar-refractivity contribution in [3.63, 3.8) is 0 Å². The van der Waals surface area contributed by atoms with E-state index in [1.54, 1.807) is 6.07 Å². The lowest BCUT2D eigenvalue weighted by atomic mass is 9.97. The number of hydrogen-bond donors (Lipinski definition) is 1. The molecule has 1 aliphatic carbocycles. The summed E-state index contributed by atoms with van der Waals surface area (Å²) in [5.41, 5.74) is 3.00. The molecule has 3 rings (SSSR count). The standard InChI is InChI=1S/C18H23NO3.C2H6/c1-12-16(18(20)21)11-14-7-6-10-19(14)17(12)13(2)22-15-8-4-3-5-9-15;1-2/h6-7,10-11,13,15H,3-5,8-9H2,1-2H3,(H,20,21);1-2H3. The first-order valence-electron chi connectivity index (χ1n) is 9.07. The lowest BCUT2D eigenvalue weighted by Gasteiger charge is -2.27. The molecule has 1 aliphatic rings. The highest BCUT2D eigenvalue weighted by Crippen LogP contribution is 2.30. The number of carboxylic acids is 1. The van der Waals surface area contributed by atoms with E-state index in [2.05, 4.69) is 4.40 Å². The van der Waals surface area contributed by atoms with Gasteiger partial charge in [0.2, 0.25) is 0 Å². The summed E-state index contributed by atoms with van der Waals surface area (Å²) < 4.78 is 8.31.